The van der Waals surface area contributed by atoms with Gasteiger partial charge in [0.1, 0.15) is 6.54 Å². The van der Waals surface area contributed by atoms with Gasteiger partial charge < -0.3 is 15.0 Å². The minimum absolute atomic E-state index is 0.107. The molecule has 0 aliphatic rings. The molecule has 0 atom stereocenters. The Hall–Kier alpha value is -1.46. The molecule has 2 amide bonds. The summed E-state index contributed by atoms with van der Waals surface area (Å²) in [7, 11) is 1.28. The smallest absolute Gasteiger partial charge is 0.325 e. The number of esters is 1. The normalized spacial score (nSPS) is 10.0. The van der Waals surface area contributed by atoms with Crippen LogP contribution in [0.15, 0.2) is 18.2 Å². The lowest BCUT2D eigenvalue weighted by atomic mass is 10.3. The third-order valence-electron chi connectivity index (χ3n) is 2.44. The van der Waals surface area contributed by atoms with Gasteiger partial charge in [0.05, 0.1) is 7.11 Å². The van der Waals surface area contributed by atoms with Crippen molar-refractivity contribution in [1.82, 2.24) is 4.90 Å². The summed E-state index contributed by atoms with van der Waals surface area (Å²) in [5.41, 5.74) is 0.471. The van der Waals surface area contributed by atoms with Gasteiger partial charge in [-0.3, -0.25) is 4.79 Å². The van der Waals surface area contributed by atoms with E-state index >= 15 is 0 Å². The second-order valence-electron chi connectivity index (χ2n) is 4.09. The van der Waals surface area contributed by atoms with Crippen LogP contribution in [0.3, 0.4) is 0 Å². The third kappa shape index (κ3) is 5.27. The molecule has 1 aromatic carbocycles. The highest BCUT2D eigenvalue weighted by molar-refractivity contribution is 6.35. The third-order valence-corrected chi connectivity index (χ3v) is 2.88. The number of methoxy groups -OCH3 is 1. The number of nitrogens with one attached hydrogen (secondary N) is 1. The zero-order valence-corrected chi connectivity index (χ0v) is 12.8. The Balaban J connectivity index is 2.76. The number of ether oxygens (including phenoxy) is 1. The average molecular weight is 319 g/mol. The number of amides is 2. The maximum Gasteiger partial charge on any atom is 0.325 e. The largest absolute Gasteiger partial charge is 0.468 e. The number of benzene rings is 1. The molecule has 7 heteroatoms. The Kier molecular flexibility index (Phi) is 6.61. The van der Waals surface area contributed by atoms with Gasteiger partial charge in [-0.25, -0.2) is 4.79 Å². The lowest BCUT2D eigenvalue weighted by molar-refractivity contribution is -0.141. The molecule has 0 spiro atoms. The topological polar surface area (TPSA) is 58.6 Å². The fraction of sp³-hybridized carbons (Fsp3) is 0.385. The number of urea groups is 1. The predicted octanol–water partition coefficient (Wildman–Crippen LogP) is 3.41. The molecular weight excluding hydrogens is 303 g/mol. The van der Waals surface area contributed by atoms with Crippen LogP contribution in [0.4, 0.5) is 10.5 Å². The van der Waals surface area contributed by atoms with Crippen LogP contribution >= 0.6 is 23.2 Å². The van der Waals surface area contributed by atoms with Crippen molar-refractivity contribution in [2.24, 2.45) is 0 Å². The van der Waals surface area contributed by atoms with Crippen molar-refractivity contribution >= 4 is 40.9 Å². The van der Waals surface area contributed by atoms with Crippen molar-refractivity contribution in [3.63, 3.8) is 0 Å². The van der Waals surface area contributed by atoms with Crippen LogP contribution in [0.25, 0.3) is 0 Å². The molecule has 5 nitrogen and oxygen atoms in total. The maximum absolute atomic E-state index is 12.1. The molecule has 0 fully saturated rings. The molecular formula is C13H16Cl2N2O3. The second-order valence-corrected chi connectivity index (χ2v) is 4.96. The van der Waals surface area contributed by atoms with Gasteiger partial charge in [-0.1, -0.05) is 30.1 Å². The van der Waals surface area contributed by atoms with Crippen LogP contribution in [0.1, 0.15) is 13.3 Å². The molecule has 1 aromatic rings. The first-order valence-corrected chi connectivity index (χ1v) is 6.80. The molecule has 20 heavy (non-hydrogen) atoms. The Labute approximate surface area is 127 Å². The molecule has 110 valence electrons. The minimum Gasteiger partial charge on any atom is -0.468 e. The van der Waals surface area contributed by atoms with Crippen LogP contribution in [-0.2, 0) is 9.53 Å². The summed E-state index contributed by atoms with van der Waals surface area (Å²) in [6.07, 6.45) is 0.723. The lowest BCUT2D eigenvalue weighted by Crippen LogP contribution is -2.39. The van der Waals surface area contributed by atoms with Crippen molar-refractivity contribution in [3.8, 4) is 0 Å². The van der Waals surface area contributed by atoms with Gasteiger partial charge in [0.25, 0.3) is 0 Å². The fourth-order valence-electron chi connectivity index (χ4n) is 1.57. The first-order chi connectivity index (χ1) is 9.46. The number of hydrogen-bond donors (Lipinski definition) is 1. The van der Waals surface area contributed by atoms with E-state index in [9.17, 15) is 9.59 Å². The van der Waals surface area contributed by atoms with Crippen LogP contribution in [0, 0.1) is 0 Å². The van der Waals surface area contributed by atoms with Gasteiger partial charge in [-0.2, -0.15) is 0 Å². The Morgan fingerprint density at radius 3 is 2.35 bits per heavy atom. The van der Waals surface area contributed by atoms with Crippen molar-refractivity contribution in [3.05, 3.63) is 28.2 Å². The van der Waals surface area contributed by atoms with E-state index in [-0.39, 0.29) is 6.54 Å². The molecule has 0 aliphatic carbocycles. The Morgan fingerprint density at radius 2 is 1.85 bits per heavy atom. The summed E-state index contributed by atoms with van der Waals surface area (Å²) >= 11 is 11.7. The minimum atomic E-state index is -0.474. The van der Waals surface area contributed by atoms with E-state index in [1.54, 1.807) is 18.2 Å². The zero-order valence-electron chi connectivity index (χ0n) is 11.3. The van der Waals surface area contributed by atoms with Crippen LogP contribution < -0.4 is 5.32 Å². The molecule has 0 unspecified atom stereocenters. The number of halogens is 2. The number of carbonyl (C=O) groups is 2. The van der Waals surface area contributed by atoms with Gasteiger partial charge in [0.15, 0.2) is 0 Å². The lowest BCUT2D eigenvalue weighted by Gasteiger charge is -2.21. The molecule has 1 rings (SSSR count). The highest BCUT2D eigenvalue weighted by Gasteiger charge is 2.17. The van der Waals surface area contributed by atoms with E-state index in [1.807, 2.05) is 6.92 Å². The van der Waals surface area contributed by atoms with Gasteiger partial charge in [0, 0.05) is 22.3 Å². The van der Waals surface area contributed by atoms with E-state index in [4.69, 9.17) is 23.2 Å². The average Bonchev–Trinajstić information content (AvgIpc) is 2.36. The van der Waals surface area contributed by atoms with Gasteiger partial charge in [-0.15, -0.1) is 0 Å². The SMILES string of the molecule is CCCN(CC(=O)OC)C(=O)Nc1cc(Cl)cc(Cl)c1. The first kappa shape index (κ1) is 16.6. The molecule has 0 aromatic heterocycles. The van der Waals surface area contributed by atoms with Gasteiger partial charge in [-0.05, 0) is 24.6 Å². The number of nitrogens with zero attached hydrogens (tertiary/aromatic N) is 1. The van der Waals surface area contributed by atoms with E-state index in [0.717, 1.165) is 6.42 Å². The van der Waals surface area contributed by atoms with E-state index in [1.165, 1.54) is 12.0 Å². The van der Waals surface area contributed by atoms with Crippen LogP contribution in [0.5, 0.6) is 0 Å². The second kappa shape index (κ2) is 7.97. The van der Waals surface area contributed by atoms with Crippen LogP contribution in [0.2, 0.25) is 10.0 Å². The summed E-state index contributed by atoms with van der Waals surface area (Å²) in [5.74, 6) is -0.474. The van der Waals surface area contributed by atoms with E-state index < -0.39 is 12.0 Å². The summed E-state index contributed by atoms with van der Waals surface area (Å²) in [6, 6.07) is 4.31. The Morgan fingerprint density at radius 1 is 1.25 bits per heavy atom. The molecule has 0 heterocycles. The van der Waals surface area contributed by atoms with Crippen molar-refractivity contribution in [2.45, 2.75) is 13.3 Å². The van der Waals surface area contributed by atoms with E-state index in [0.29, 0.717) is 22.3 Å². The van der Waals surface area contributed by atoms with Gasteiger partial charge >= 0.3 is 12.0 Å². The van der Waals surface area contributed by atoms with Crippen molar-refractivity contribution in [1.29, 1.82) is 0 Å². The maximum atomic E-state index is 12.1. The zero-order chi connectivity index (χ0) is 15.1. The molecule has 0 saturated carbocycles. The number of rotatable bonds is 5. The number of hydrogen-bond acceptors (Lipinski definition) is 3. The summed E-state index contributed by atoms with van der Waals surface area (Å²) in [6.45, 7) is 2.24. The van der Waals surface area contributed by atoms with Crippen molar-refractivity contribution < 1.29 is 14.3 Å². The predicted molar refractivity (Wildman–Crippen MR) is 79.4 cm³/mol. The first-order valence-electron chi connectivity index (χ1n) is 6.05. The molecule has 0 saturated heterocycles. The molecule has 0 radical (unpaired) electrons. The van der Waals surface area contributed by atoms with E-state index in [2.05, 4.69) is 10.1 Å². The Bertz CT molecular complexity index is 474. The molecule has 1 N–H and O–H groups in total. The van der Waals surface area contributed by atoms with Crippen LogP contribution in [-0.4, -0.2) is 37.1 Å². The molecule has 0 aliphatic heterocycles. The highest BCUT2D eigenvalue weighted by Crippen LogP contribution is 2.22. The monoisotopic (exact) mass is 318 g/mol. The summed E-state index contributed by atoms with van der Waals surface area (Å²) < 4.78 is 4.56. The quantitative estimate of drug-likeness (QED) is 0.846. The summed E-state index contributed by atoms with van der Waals surface area (Å²) in [5, 5.41) is 3.49. The standard InChI is InChI=1S/C13H16Cl2N2O3/c1-3-4-17(8-12(18)20-2)13(19)16-11-6-9(14)5-10(15)7-11/h5-7H,3-4,8H2,1-2H3,(H,16,19). The fourth-order valence-corrected chi connectivity index (χ4v) is 2.10. The van der Waals surface area contributed by atoms with Gasteiger partial charge in [0.2, 0.25) is 0 Å². The van der Waals surface area contributed by atoms with Crippen molar-refractivity contribution in [2.75, 3.05) is 25.5 Å². The number of anilines is 1. The highest BCUT2D eigenvalue weighted by atomic mass is 35.5. The number of carbonyl (C=O) groups excluding carboxylic acids is 2. The molecule has 0 bridgehead atoms. The summed E-state index contributed by atoms with van der Waals surface area (Å²) in [4.78, 5) is 24.7.